The lowest BCUT2D eigenvalue weighted by Gasteiger charge is -2.06. The van der Waals surface area contributed by atoms with Gasteiger partial charge in [0.05, 0.1) is 14.2 Å². The van der Waals surface area contributed by atoms with Crippen molar-refractivity contribution in [3.63, 3.8) is 0 Å². The molecule has 0 aliphatic heterocycles. The molecule has 0 unspecified atom stereocenters. The van der Waals surface area contributed by atoms with Crippen LogP contribution in [0.5, 0.6) is 5.75 Å². The van der Waals surface area contributed by atoms with Crippen LogP contribution in [0, 0.1) is 5.82 Å². The van der Waals surface area contributed by atoms with Crippen molar-refractivity contribution in [3.8, 4) is 17.0 Å². The number of ether oxygens (including phenoxy) is 2. The Balaban J connectivity index is 1.86. The van der Waals surface area contributed by atoms with Crippen molar-refractivity contribution in [3.05, 3.63) is 65.5 Å². The van der Waals surface area contributed by atoms with Crippen molar-refractivity contribution < 1.29 is 23.2 Å². The van der Waals surface area contributed by atoms with Crippen LogP contribution in [0.3, 0.4) is 0 Å². The first-order chi connectivity index (χ1) is 12.6. The second-order valence-electron chi connectivity index (χ2n) is 5.44. The van der Waals surface area contributed by atoms with Crippen LogP contribution in [0.4, 0.5) is 10.3 Å². The number of rotatable bonds is 6. The molecule has 0 saturated heterocycles. The third-order valence-corrected chi connectivity index (χ3v) is 3.81. The highest BCUT2D eigenvalue weighted by Crippen LogP contribution is 2.30. The molecule has 0 spiro atoms. The fourth-order valence-corrected chi connectivity index (χ4v) is 2.43. The fraction of sp³-hybridized carbons (Fsp3) is 0.158. The monoisotopic (exact) mass is 356 g/mol. The number of esters is 1. The van der Waals surface area contributed by atoms with Crippen molar-refractivity contribution in [2.45, 2.75) is 6.54 Å². The minimum Gasteiger partial charge on any atom is -0.497 e. The Kier molecular flexibility index (Phi) is 5.17. The topological polar surface area (TPSA) is 73.6 Å². The summed E-state index contributed by atoms with van der Waals surface area (Å²) in [4.78, 5) is 12.2. The highest BCUT2D eigenvalue weighted by molar-refractivity contribution is 6.00. The Morgan fingerprint density at radius 1 is 1.12 bits per heavy atom. The van der Waals surface area contributed by atoms with Gasteiger partial charge in [0.25, 0.3) is 0 Å². The van der Waals surface area contributed by atoms with Gasteiger partial charge in [-0.05, 0) is 42.0 Å². The van der Waals surface area contributed by atoms with Gasteiger partial charge in [0.15, 0.2) is 5.56 Å². The van der Waals surface area contributed by atoms with Gasteiger partial charge in [-0.15, -0.1) is 0 Å². The number of nitrogens with one attached hydrogen (secondary N) is 1. The highest BCUT2D eigenvalue weighted by atomic mass is 19.1. The SMILES string of the molecule is COC(=O)c1c(-c2ccc(F)cc2)noc1NCc1ccc(OC)cc1. The van der Waals surface area contributed by atoms with E-state index < -0.39 is 5.97 Å². The lowest BCUT2D eigenvalue weighted by molar-refractivity contribution is 0.0602. The van der Waals surface area contributed by atoms with E-state index in [2.05, 4.69) is 10.5 Å². The van der Waals surface area contributed by atoms with E-state index >= 15 is 0 Å². The third kappa shape index (κ3) is 3.66. The summed E-state index contributed by atoms with van der Waals surface area (Å²) in [7, 11) is 2.87. The Bertz CT molecular complexity index is 889. The Hall–Kier alpha value is -3.35. The molecule has 7 heteroatoms. The molecule has 3 rings (SSSR count). The first kappa shape index (κ1) is 17.5. The summed E-state index contributed by atoms with van der Waals surface area (Å²) in [6.45, 7) is 0.409. The Morgan fingerprint density at radius 3 is 2.42 bits per heavy atom. The van der Waals surface area contributed by atoms with Crippen LogP contribution in [0.15, 0.2) is 53.1 Å². The van der Waals surface area contributed by atoms with Crippen LogP contribution in [0.25, 0.3) is 11.3 Å². The average Bonchev–Trinajstić information content (AvgIpc) is 3.10. The minimum absolute atomic E-state index is 0.160. The molecule has 1 N–H and O–H groups in total. The van der Waals surface area contributed by atoms with Gasteiger partial charge in [-0.2, -0.15) is 0 Å². The minimum atomic E-state index is -0.595. The van der Waals surface area contributed by atoms with E-state index in [0.717, 1.165) is 11.3 Å². The number of benzene rings is 2. The zero-order valence-corrected chi connectivity index (χ0v) is 14.3. The summed E-state index contributed by atoms with van der Waals surface area (Å²) in [5.74, 6) is -0.0354. The van der Waals surface area contributed by atoms with E-state index in [4.69, 9.17) is 14.0 Å². The van der Waals surface area contributed by atoms with Gasteiger partial charge in [0.2, 0.25) is 5.88 Å². The molecule has 0 amide bonds. The van der Waals surface area contributed by atoms with Crippen LogP contribution in [-0.4, -0.2) is 25.3 Å². The van der Waals surface area contributed by atoms with Crippen LogP contribution in [0.2, 0.25) is 0 Å². The summed E-state index contributed by atoms with van der Waals surface area (Å²) >= 11 is 0. The first-order valence-electron chi connectivity index (χ1n) is 7.83. The largest absolute Gasteiger partial charge is 0.497 e. The van der Waals surface area contributed by atoms with E-state index in [-0.39, 0.29) is 23.0 Å². The number of hydrogen-bond donors (Lipinski definition) is 1. The molecule has 0 saturated carbocycles. The number of carbonyl (C=O) groups excluding carboxylic acids is 1. The van der Waals surface area contributed by atoms with Gasteiger partial charge in [-0.3, -0.25) is 0 Å². The third-order valence-electron chi connectivity index (χ3n) is 3.81. The number of carbonyl (C=O) groups is 1. The number of aromatic nitrogens is 1. The van der Waals surface area contributed by atoms with Crippen molar-refractivity contribution >= 4 is 11.9 Å². The molecular weight excluding hydrogens is 339 g/mol. The van der Waals surface area contributed by atoms with Crippen LogP contribution >= 0.6 is 0 Å². The van der Waals surface area contributed by atoms with Crippen LogP contribution in [-0.2, 0) is 11.3 Å². The van der Waals surface area contributed by atoms with Gasteiger partial charge in [0, 0.05) is 12.1 Å². The van der Waals surface area contributed by atoms with E-state index in [0.29, 0.717) is 12.1 Å². The van der Waals surface area contributed by atoms with Crippen LogP contribution < -0.4 is 10.1 Å². The predicted octanol–water partition coefficient (Wildman–Crippen LogP) is 3.89. The molecule has 6 nitrogen and oxygen atoms in total. The van der Waals surface area contributed by atoms with Crippen molar-refractivity contribution in [1.82, 2.24) is 5.16 Å². The molecule has 0 radical (unpaired) electrons. The number of anilines is 1. The van der Waals surface area contributed by atoms with Crippen molar-refractivity contribution in [1.29, 1.82) is 0 Å². The molecular formula is C19H17FN2O4. The normalized spacial score (nSPS) is 10.4. The molecule has 1 aromatic heterocycles. The van der Waals surface area contributed by atoms with E-state index in [1.54, 1.807) is 7.11 Å². The van der Waals surface area contributed by atoms with Gasteiger partial charge >= 0.3 is 5.97 Å². The summed E-state index contributed by atoms with van der Waals surface area (Å²) in [5, 5.41) is 6.98. The first-order valence-corrected chi connectivity index (χ1v) is 7.83. The van der Waals surface area contributed by atoms with Crippen molar-refractivity contribution in [2.75, 3.05) is 19.5 Å². The Labute approximate surface area is 149 Å². The number of halogens is 1. The summed E-state index contributed by atoms with van der Waals surface area (Å²) in [6, 6.07) is 13.1. The molecule has 0 fully saturated rings. The maximum Gasteiger partial charge on any atom is 0.345 e. The summed E-state index contributed by atoms with van der Waals surface area (Å²) in [5.41, 5.74) is 1.95. The molecule has 0 atom stereocenters. The standard InChI is InChI=1S/C19H17FN2O4/c1-24-15-9-3-12(4-10-15)11-21-18-16(19(23)25-2)17(22-26-18)13-5-7-14(20)8-6-13/h3-10,21H,11H2,1-2H3. The molecule has 2 aromatic carbocycles. The Morgan fingerprint density at radius 2 is 1.81 bits per heavy atom. The summed E-state index contributed by atoms with van der Waals surface area (Å²) in [6.07, 6.45) is 0. The molecule has 1 heterocycles. The second-order valence-corrected chi connectivity index (χ2v) is 5.44. The molecule has 134 valence electrons. The van der Waals surface area contributed by atoms with Crippen LogP contribution in [0.1, 0.15) is 15.9 Å². The number of nitrogens with zero attached hydrogens (tertiary/aromatic N) is 1. The van der Waals surface area contributed by atoms with E-state index in [1.807, 2.05) is 24.3 Å². The van der Waals surface area contributed by atoms with Gasteiger partial charge in [-0.25, -0.2) is 9.18 Å². The smallest absolute Gasteiger partial charge is 0.345 e. The zero-order chi connectivity index (χ0) is 18.5. The predicted molar refractivity (Wildman–Crippen MR) is 93.6 cm³/mol. The average molecular weight is 356 g/mol. The highest BCUT2D eigenvalue weighted by Gasteiger charge is 2.24. The van der Waals surface area contributed by atoms with E-state index in [1.165, 1.54) is 31.4 Å². The maximum atomic E-state index is 13.1. The van der Waals surface area contributed by atoms with E-state index in [9.17, 15) is 9.18 Å². The molecule has 0 aliphatic carbocycles. The van der Waals surface area contributed by atoms with Gasteiger partial charge < -0.3 is 19.3 Å². The lowest BCUT2D eigenvalue weighted by Crippen LogP contribution is -2.07. The number of methoxy groups -OCH3 is 2. The molecule has 26 heavy (non-hydrogen) atoms. The number of hydrogen-bond acceptors (Lipinski definition) is 6. The second kappa shape index (κ2) is 7.69. The maximum absolute atomic E-state index is 13.1. The molecule has 3 aromatic rings. The lowest BCUT2D eigenvalue weighted by atomic mass is 10.1. The summed E-state index contributed by atoms with van der Waals surface area (Å²) < 4.78 is 28.4. The van der Waals surface area contributed by atoms with Gasteiger partial charge in [0.1, 0.15) is 17.3 Å². The quantitative estimate of drug-likeness (QED) is 0.676. The van der Waals surface area contributed by atoms with Gasteiger partial charge in [-0.1, -0.05) is 17.3 Å². The molecule has 0 bridgehead atoms. The van der Waals surface area contributed by atoms with Crippen molar-refractivity contribution in [2.24, 2.45) is 0 Å². The fourth-order valence-electron chi connectivity index (χ4n) is 2.43. The molecule has 0 aliphatic rings. The zero-order valence-electron chi connectivity index (χ0n) is 14.3.